The number of para-hydroxylation sites is 1. The zero-order valence-corrected chi connectivity index (χ0v) is 19.5. The number of nitrogens with one attached hydrogen (secondary N) is 3. The monoisotopic (exact) mass is 458 g/mol. The Morgan fingerprint density at radius 1 is 1.06 bits per heavy atom. The molecule has 3 N–H and O–H groups in total. The number of amides is 2. The molecule has 1 aliphatic carbocycles. The second-order valence-corrected chi connectivity index (χ2v) is 9.47. The predicted molar refractivity (Wildman–Crippen MR) is 129 cm³/mol. The van der Waals surface area contributed by atoms with Crippen LogP contribution >= 0.6 is 0 Å². The maximum absolute atomic E-state index is 13.1. The third-order valence-electron chi connectivity index (χ3n) is 6.93. The summed E-state index contributed by atoms with van der Waals surface area (Å²) in [4.78, 5) is 25.4. The van der Waals surface area contributed by atoms with Crippen LogP contribution < -0.4 is 16.2 Å². The third-order valence-corrected chi connectivity index (χ3v) is 6.93. The quantitative estimate of drug-likeness (QED) is 0.534. The van der Waals surface area contributed by atoms with Crippen molar-refractivity contribution in [3.05, 3.63) is 71.5 Å². The van der Waals surface area contributed by atoms with Gasteiger partial charge in [-0.05, 0) is 54.5 Å². The smallest absolute Gasteiger partial charge is 0.278 e. The molecule has 34 heavy (non-hydrogen) atoms. The van der Waals surface area contributed by atoms with Gasteiger partial charge in [-0.2, -0.15) is 0 Å². The van der Waals surface area contributed by atoms with Crippen LogP contribution in [0.15, 0.2) is 54.6 Å². The lowest BCUT2D eigenvalue weighted by atomic mass is 9.72. The average Bonchev–Trinajstić information content (AvgIpc) is 3.32. The van der Waals surface area contributed by atoms with Gasteiger partial charge >= 0.3 is 0 Å². The van der Waals surface area contributed by atoms with Gasteiger partial charge in [-0.25, -0.2) is 10.1 Å². The van der Waals surface area contributed by atoms with Crippen molar-refractivity contribution in [1.29, 1.82) is 0 Å². The predicted octanol–water partition coefficient (Wildman–Crippen LogP) is 4.12. The van der Waals surface area contributed by atoms with Crippen molar-refractivity contribution < 1.29 is 9.59 Å². The molecule has 2 aromatic carbocycles. The van der Waals surface area contributed by atoms with Gasteiger partial charge in [0, 0.05) is 11.6 Å². The molecule has 0 bridgehead atoms. The molecule has 8 nitrogen and oxygen atoms in total. The number of hydrogen-bond donors (Lipinski definition) is 3. The lowest BCUT2D eigenvalue weighted by Crippen LogP contribution is -2.55. The molecule has 0 spiro atoms. The Morgan fingerprint density at radius 3 is 2.53 bits per heavy atom. The van der Waals surface area contributed by atoms with E-state index in [1.54, 1.807) is 4.68 Å². The minimum absolute atomic E-state index is 0.0642. The number of carbonyl (C=O) groups excluding carboxylic acids is 2. The van der Waals surface area contributed by atoms with Crippen LogP contribution in [0, 0.1) is 11.8 Å². The Hall–Kier alpha value is -3.52. The standard InChI is InChI=1S/C26H30N6O2/c1-16(2)24-23(29-31-32(24)19-8-4-3-5-9-19)26(34)27-18-14-12-17(13-15-18)22-20-10-6-7-11-21(20)25(33)30-28-22/h3-5,8-9,12-16,20-22,28H,6-7,10-11H2,1-2H3,(H,27,34)(H,30,33). The van der Waals surface area contributed by atoms with Crippen molar-refractivity contribution in [1.82, 2.24) is 25.8 Å². The summed E-state index contributed by atoms with van der Waals surface area (Å²) in [6, 6.07) is 17.6. The highest BCUT2D eigenvalue weighted by Crippen LogP contribution is 2.40. The maximum Gasteiger partial charge on any atom is 0.278 e. The molecule has 0 radical (unpaired) electrons. The van der Waals surface area contributed by atoms with Gasteiger partial charge in [0.25, 0.3) is 5.91 Å². The van der Waals surface area contributed by atoms with Crippen LogP contribution in [-0.4, -0.2) is 26.8 Å². The van der Waals surface area contributed by atoms with E-state index >= 15 is 0 Å². The van der Waals surface area contributed by atoms with E-state index in [1.807, 2.05) is 68.4 Å². The van der Waals surface area contributed by atoms with E-state index in [0.29, 0.717) is 17.3 Å². The molecule has 1 aromatic heterocycles. The van der Waals surface area contributed by atoms with Crippen LogP contribution in [0.3, 0.4) is 0 Å². The topological polar surface area (TPSA) is 101 Å². The van der Waals surface area contributed by atoms with Crippen molar-refractivity contribution in [3.8, 4) is 5.69 Å². The minimum atomic E-state index is -0.283. The molecule has 3 unspecified atom stereocenters. The lowest BCUT2D eigenvalue weighted by Gasteiger charge is -2.41. The molecule has 5 rings (SSSR count). The highest BCUT2D eigenvalue weighted by molar-refractivity contribution is 6.03. The van der Waals surface area contributed by atoms with Crippen molar-refractivity contribution in [2.24, 2.45) is 11.8 Å². The molecule has 2 heterocycles. The van der Waals surface area contributed by atoms with Gasteiger partial charge in [-0.3, -0.25) is 15.0 Å². The molecule has 3 atom stereocenters. The van der Waals surface area contributed by atoms with E-state index in [2.05, 4.69) is 26.5 Å². The first-order chi connectivity index (χ1) is 16.5. The number of aromatic nitrogens is 3. The Labute approximate surface area is 199 Å². The first-order valence-corrected chi connectivity index (χ1v) is 12.0. The summed E-state index contributed by atoms with van der Waals surface area (Å²) >= 11 is 0. The van der Waals surface area contributed by atoms with Crippen LogP contribution in [0.2, 0.25) is 0 Å². The average molecular weight is 459 g/mol. The fraction of sp³-hybridized carbons (Fsp3) is 0.385. The SMILES string of the molecule is CC(C)c1c(C(=O)Nc2ccc(C3NNC(=O)C4CCCCC43)cc2)nnn1-c1ccccc1. The third kappa shape index (κ3) is 4.21. The summed E-state index contributed by atoms with van der Waals surface area (Å²) in [6.07, 6.45) is 4.26. The molecule has 176 valence electrons. The Kier molecular flexibility index (Phi) is 6.15. The molecule has 2 aliphatic rings. The van der Waals surface area contributed by atoms with Crippen molar-refractivity contribution in [2.75, 3.05) is 5.32 Å². The lowest BCUT2D eigenvalue weighted by molar-refractivity contribution is -0.133. The second-order valence-electron chi connectivity index (χ2n) is 9.47. The number of nitrogens with zero attached hydrogens (tertiary/aromatic N) is 3. The van der Waals surface area contributed by atoms with Gasteiger partial charge < -0.3 is 5.32 Å². The van der Waals surface area contributed by atoms with E-state index in [9.17, 15) is 9.59 Å². The molecule has 1 saturated heterocycles. The van der Waals surface area contributed by atoms with Gasteiger partial charge in [0.05, 0.1) is 17.4 Å². The number of hydrogen-bond acceptors (Lipinski definition) is 5. The number of fused-ring (bicyclic) bond motifs is 1. The normalized spacial score (nSPS) is 22.2. The van der Waals surface area contributed by atoms with Crippen LogP contribution in [0.4, 0.5) is 5.69 Å². The fourth-order valence-electron chi connectivity index (χ4n) is 5.26. The van der Waals surface area contributed by atoms with E-state index in [-0.39, 0.29) is 29.7 Å². The van der Waals surface area contributed by atoms with Gasteiger partial charge in [-0.1, -0.05) is 62.2 Å². The maximum atomic E-state index is 13.1. The summed E-state index contributed by atoms with van der Waals surface area (Å²) in [5.74, 6) is 0.253. The summed E-state index contributed by atoms with van der Waals surface area (Å²) in [6.45, 7) is 4.05. The van der Waals surface area contributed by atoms with E-state index in [1.165, 1.54) is 0 Å². The number of carbonyl (C=O) groups is 2. The van der Waals surface area contributed by atoms with Crippen molar-refractivity contribution >= 4 is 17.5 Å². The van der Waals surface area contributed by atoms with Crippen LogP contribution in [0.25, 0.3) is 5.69 Å². The van der Waals surface area contributed by atoms with Gasteiger partial charge in [-0.15, -0.1) is 5.10 Å². The van der Waals surface area contributed by atoms with Gasteiger partial charge in [0.2, 0.25) is 5.91 Å². The van der Waals surface area contributed by atoms with Crippen LogP contribution in [0.5, 0.6) is 0 Å². The van der Waals surface area contributed by atoms with Gasteiger partial charge in [0.15, 0.2) is 5.69 Å². The fourth-order valence-corrected chi connectivity index (χ4v) is 5.26. The number of hydrazine groups is 1. The zero-order chi connectivity index (χ0) is 23.7. The second kappa shape index (κ2) is 9.38. The summed E-state index contributed by atoms with van der Waals surface area (Å²) in [7, 11) is 0. The van der Waals surface area contributed by atoms with Gasteiger partial charge in [0.1, 0.15) is 0 Å². The summed E-state index contributed by atoms with van der Waals surface area (Å²) in [5, 5.41) is 11.4. The Morgan fingerprint density at radius 2 is 1.79 bits per heavy atom. The van der Waals surface area contributed by atoms with Crippen LogP contribution in [0.1, 0.15) is 73.2 Å². The van der Waals surface area contributed by atoms with Crippen LogP contribution in [-0.2, 0) is 4.79 Å². The molecule has 2 fully saturated rings. The van der Waals surface area contributed by atoms with Crippen molar-refractivity contribution in [3.63, 3.8) is 0 Å². The Bertz CT molecular complexity index is 1170. The minimum Gasteiger partial charge on any atom is -0.321 e. The molecule has 3 aromatic rings. The molecular formula is C26H30N6O2. The highest BCUT2D eigenvalue weighted by Gasteiger charge is 2.40. The first-order valence-electron chi connectivity index (χ1n) is 12.0. The number of benzene rings is 2. The van der Waals surface area contributed by atoms with Crippen molar-refractivity contribution in [2.45, 2.75) is 51.5 Å². The Balaban J connectivity index is 1.33. The number of rotatable bonds is 5. The first kappa shape index (κ1) is 22.3. The summed E-state index contributed by atoms with van der Waals surface area (Å²) < 4.78 is 1.73. The zero-order valence-electron chi connectivity index (χ0n) is 19.5. The molecule has 8 heteroatoms. The summed E-state index contributed by atoms with van der Waals surface area (Å²) in [5.41, 5.74) is 9.82. The number of anilines is 1. The largest absolute Gasteiger partial charge is 0.321 e. The highest BCUT2D eigenvalue weighted by atomic mass is 16.2. The molecular weight excluding hydrogens is 428 g/mol. The van der Waals surface area contributed by atoms with E-state index in [0.717, 1.165) is 42.6 Å². The molecule has 1 saturated carbocycles. The molecule has 1 aliphatic heterocycles. The van der Waals surface area contributed by atoms with E-state index < -0.39 is 0 Å². The van der Waals surface area contributed by atoms with E-state index in [4.69, 9.17) is 0 Å². The molecule has 2 amide bonds.